The van der Waals surface area contributed by atoms with Gasteiger partial charge >= 0.3 is 0 Å². The molecule has 13 aromatic rings. The predicted octanol–water partition coefficient (Wildman–Crippen LogP) is 14.5. The van der Waals surface area contributed by atoms with Gasteiger partial charge in [0.05, 0.1) is 27.8 Å². The highest BCUT2D eigenvalue weighted by molar-refractivity contribution is 6.25. The highest BCUT2D eigenvalue weighted by Gasteiger charge is 2.21. The molecule has 0 radical (unpaired) electrons. The van der Waals surface area contributed by atoms with Crippen LogP contribution in [-0.4, -0.2) is 24.1 Å². The number of nitrogens with zero attached hydrogens (tertiary/aromatic N) is 5. The molecule has 3 aromatic heterocycles. The summed E-state index contributed by atoms with van der Waals surface area (Å²) in [6.45, 7) is 0. The maximum atomic E-state index is 5.09. The van der Waals surface area contributed by atoms with Crippen molar-refractivity contribution in [1.29, 1.82) is 0 Å². The van der Waals surface area contributed by atoms with Crippen LogP contribution in [0.2, 0.25) is 0 Å². The topological polar surface area (TPSA) is 48.5 Å². The van der Waals surface area contributed by atoms with Gasteiger partial charge in [0.15, 0.2) is 17.5 Å². The Hall–Kier alpha value is -8.41. The van der Waals surface area contributed by atoms with Gasteiger partial charge < -0.3 is 9.13 Å². The number of hydrogen-bond acceptors (Lipinski definition) is 3. The van der Waals surface area contributed by atoms with Crippen LogP contribution in [0.4, 0.5) is 0 Å². The van der Waals surface area contributed by atoms with Crippen molar-refractivity contribution in [2.75, 3.05) is 0 Å². The van der Waals surface area contributed by atoms with Crippen LogP contribution < -0.4 is 0 Å². The van der Waals surface area contributed by atoms with E-state index >= 15 is 0 Å². The van der Waals surface area contributed by atoms with Gasteiger partial charge in [0.1, 0.15) is 0 Å². The van der Waals surface area contributed by atoms with Gasteiger partial charge in [0, 0.05) is 49.3 Å². The second kappa shape index (κ2) is 13.6. The van der Waals surface area contributed by atoms with Crippen LogP contribution in [-0.2, 0) is 0 Å². The van der Waals surface area contributed by atoms with Crippen molar-refractivity contribution in [2.24, 2.45) is 0 Å². The Balaban J connectivity index is 1.06. The summed E-state index contributed by atoms with van der Waals surface area (Å²) < 4.78 is 4.92. The minimum absolute atomic E-state index is 0.643. The number of para-hydroxylation sites is 1. The third-order valence-electron chi connectivity index (χ3n) is 12.5. The van der Waals surface area contributed by atoms with Gasteiger partial charge in [-0.1, -0.05) is 170 Å². The standard InChI is InChI=1S/C57H35N5/c1-3-17-38(18-4-1)55-58-56(39-19-5-2-6-20-39)60-57(59-55)46-26-13-22-40-33-41(30-31-42(40)46)61-50-27-12-11-25-45(50)47-34-48-53(35-52(47)61)62(49-28-14-21-36-15-7-9-23-43(36)49)51-32-29-37-16-8-10-24-44(37)54(48)51/h1-35H. The second-order valence-corrected chi connectivity index (χ2v) is 16.0. The molecule has 13 rings (SSSR count). The molecule has 0 aliphatic rings. The first-order valence-electron chi connectivity index (χ1n) is 21.0. The van der Waals surface area contributed by atoms with Crippen LogP contribution in [0.1, 0.15) is 0 Å². The van der Waals surface area contributed by atoms with E-state index in [-0.39, 0.29) is 0 Å². The fourth-order valence-electron chi connectivity index (χ4n) is 9.72. The lowest BCUT2D eigenvalue weighted by atomic mass is 10.0. The summed E-state index contributed by atoms with van der Waals surface area (Å²) in [6.07, 6.45) is 0. The number of rotatable bonds is 5. The lowest BCUT2D eigenvalue weighted by molar-refractivity contribution is 1.08. The Morgan fingerprint density at radius 2 is 0.887 bits per heavy atom. The molecule has 0 amide bonds. The Kier molecular flexibility index (Phi) is 7.54. The summed E-state index contributed by atoms with van der Waals surface area (Å²) in [5, 5.41) is 12.1. The summed E-state index contributed by atoms with van der Waals surface area (Å²) in [6, 6.07) is 75.8. The molecule has 0 unspecified atom stereocenters. The fraction of sp³-hybridized carbons (Fsp3) is 0. The van der Waals surface area contributed by atoms with E-state index in [9.17, 15) is 0 Å². The molecule has 5 nitrogen and oxygen atoms in total. The van der Waals surface area contributed by atoms with Crippen LogP contribution >= 0.6 is 0 Å². The van der Waals surface area contributed by atoms with Gasteiger partial charge in [-0.2, -0.15) is 0 Å². The van der Waals surface area contributed by atoms with Gasteiger partial charge in [-0.05, 0) is 69.4 Å². The summed E-state index contributed by atoms with van der Waals surface area (Å²) >= 11 is 0. The van der Waals surface area contributed by atoms with E-state index in [1.165, 1.54) is 59.8 Å². The molecule has 0 saturated heterocycles. The zero-order valence-electron chi connectivity index (χ0n) is 33.4. The van der Waals surface area contributed by atoms with Gasteiger partial charge in [-0.3, -0.25) is 0 Å². The van der Waals surface area contributed by atoms with Crippen LogP contribution in [0.5, 0.6) is 0 Å². The molecule has 0 spiro atoms. The van der Waals surface area contributed by atoms with Gasteiger partial charge in [0.25, 0.3) is 0 Å². The molecule has 0 saturated carbocycles. The quantitative estimate of drug-likeness (QED) is 0.174. The van der Waals surface area contributed by atoms with Gasteiger partial charge in [-0.15, -0.1) is 0 Å². The van der Waals surface area contributed by atoms with Crippen molar-refractivity contribution < 1.29 is 0 Å². The smallest absolute Gasteiger partial charge is 0.164 e. The highest BCUT2D eigenvalue weighted by Crippen LogP contribution is 2.43. The molecule has 0 aliphatic heterocycles. The summed E-state index contributed by atoms with van der Waals surface area (Å²) in [5.74, 6) is 1.94. The SMILES string of the molecule is c1ccc(-c2nc(-c3ccccc3)nc(-c3cccc4cc(-n5c6ccccc6c6cc7c8c9ccccc9ccc8n(-c8cccc9ccccc89)c7cc65)ccc34)n2)cc1. The Bertz CT molecular complexity index is 3860. The van der Waals surface area contributed by atoms with Crippen molar-refractivity contribution in [1.82, 2.24) is 24.1 Å². The van der Waals surface area contributed by atoms with E-state index in [0.29, 0.717) is 17.5 Å². The van der Waals surface area contributed by atoms with E-state index in [1.807, 2.05) is 60.7 Å². The third-order valence-corrected chi connectivity index (χ3v) is 12.5. The van der Waals surface area contributed by atoms with Crippen molar-refractivity contribution >= 4 is 75.9 Å². The van der Waals surface area contributed by atoms with Crippen LogP contribution in [0.15, 0.2) is 212 Å². The van der Waals surface area contributed by atoms with Crippen LogP contribution in [0.3, 0.4) is 0 Å². The fourth-order valence-corrected chi connectivity index (χ4v) is 9.72. The van der Waals surface area contributed by atoms with Crippen molar-refractivity contribution in [2.45, 2.75) is 0 Å². The molecule has 10 aromatic carbocycles. The summed E-state index contributed by atoms with van der Waals surface area (Å²) in [7, 11) is 0. The molecule has 0 bridgehead atoms. The maximum Gasteiger partial charge on any atom is 0.164 e. The number of benzene rings is 10. The molecular formula is C57H35N5. The predicted molar refractivity (Wildman–Crippen MR) is 257 cm³/mol. The lowest BCUT2D eigenvalue weighted by Gasteiger charge is -2.13. The zero-order chi connectivity index (χ0) is 40.7. The molecule has 3 heterocycles. The maximum absolute atomic E-state index is 5.09. The number of hydrogen-bond donors (Lipinski definition) is 0. The summed E-state index contributed by atoms with van der Waals surface area (Å²) in [5.41, 5.74) is 9.79. The molecule has 0 atom stereocenters. The number of aromatic nitrogens is 5. The van der Waals surface area contributed by atoms with Crippen molar-refractivity contribution in [3.63, 3.8) is 0 Å². The third kappa shape index (κ3) is 5.25. The zero-order valence-corrected chi connectivity index (χ0v) is 33.4. The first-order valence-corrected chi connectivity index (χ1v) is 21.0. The monoisotopic (exact) mass is 789 g/mol. The second-order valence-electron chi connectivity index (χ2n) is 16.0. The average Bonchev–Trinajstić information content (AvgIpc) is 3.85. The number of fused-ring (bicyclic) bond motifs is 10. The molecular weight excluding hydrogens is 755 g/mol. The highest BCUT2D eigenvalue weighted by atomic mass is 15.0. The molecule has 288 valence electrons. The Morgan fingerprint density at radius 3 is 1.66 bits per heavy atom. The van der Waals surface area contributed by atoms with Crippen LogP contribution in [0, 0.1) is 0 Å². The lowest BCUT2D eigenvalue weighted by Crippen LogP contribution is -2.00. The van der Waals surface area contributed by atoms with Gasteiger partial charge in [-0.25, -0.2) is 15.0 Å². The average molecular weight is 790 g/mol. The largest absolute Gasteiger partial charge is 0.309 e. The van der Waals surface area contributed by atoms with Crippen molar-refractivity contribution in [3.05, 3.63) is 212 Å². The van der Waals surface area contributed by atoms with Crippen LogP contribution in [0.25, 0.3) is 121 Å². The summed E-state index contributed by atoms with van der Waals surface area (Å²) in [4.78, 5) is 15.1. The molecule has 0 fully saturated rings. The van der Waals surface area contributed by atoms with E-state index in [4.69, 9.17) is 15.0 Å². The van der Waals surface area contributed by atoms with E-state index in [0.717, 1.165) is 44.2 Å². The molecule has 0 aliphatic carbocycles. The normalized spacial score (nSPS) is 11.9. The van der Waals surface area contributed by atoms with Crippen molar-refractivity contribution in [3.8, 4) is 45.5 Å². The minimum atomic E-state index is 0.643. The van der Waals surface area contributed by atoms with E-state index < -0.39 is 0 Å². The Labute approximate surface area is 356 Å². The molecule has 0 N–H and O–H groups in total. The van der Waals surface area contributed by atoms with E-state index in [2.05, 4.69) is 161 Å². The first-order chi connectivity index (χ1) is 30.7. The Morgan fingerprint density at radius 1 is 0.290 bits per heavy atom. The first kappa shape index (κ1) is 34.5. The molecule has 5 heteroatoms. The van der Waals surface area contributed by atoms with E-state index in [1.54, 1.807) is 0 Å². The minimum Gasteiger partial charge on any atom is -0.309 e. The van der Waals surface area contributed by atoms with Gasteiger partial charge in [0.2, 0.25) is 0 Å². The molecule has 62 heavy (non-hydrogen) atoms.